The van der Waals surface area contributed by atoms with Crippen LogP contribution in [0.5, 0.6) is 5.88 Å². The number of likely N-dealkylation sites (N-methyl/N-ethyl adjacent to an activating group) is 1. The van der Waals surface area contributed by atoms with Crippen LogP contribution in [-0.4, -0.2) is 48.6 Å². The molecule has 0 bridgehead atoms. The minimum absolute atomic E-state index is 0.0176. The van der Waals surface area contributed by atoms with Crippen LogP contribution in [0.2, 0.25) is 0 Å². The van der Waals surface area contributed by atoms with Crippen molar-refractivity contribution in [2.45, 2.75) is 38.4 Å². The van der Waals surface area contributed by atoms with Crippen molar-refractivity contribution in [1.29, 1.82) is 0 Å². The fourth-order valence-corrected chi connectivity index (χ4v) is 4.01. The van der Waals surface area contributed by atoms with Crippen LogP contribution in [0, 0.1) is 5.41 Å². The van der Waals surface area contributed by atoms with Gasteiger partial charge in [-0.1, -0.05) is 30.3 Å². The first-order chi connectivity index (χ1) is 14.6. The molecule has 0 spiro atoms. The Kier molecular flexibility index (Phi) is 6.89. The van der Waals surface area contributed by atoms with Crippen LogP contribution in [0.25, 0.3) is 0 Å². The Hall–Kier alpha value is -2.61. The fraction of sp³-hybridized carbons (Fsp3) is 0.478. The molecule has 3 rings (SSSR count). The molecule has 31 heavy (non-hydrogen) atoms. The summed E-state index contributed by atoms with van der Waals surface area (Å²) in [5.41, 5.74) is -0.827. The Morgan fingerprint density at radius 3 is 2.58 bits per heavy atom. The maximum absolute atomic E-state index is 13.3. The predicted octanol–water partition coefficient (Wildman–Crippen LogP) is 4.11. The minimum atomic E-state index is -4.58. The third-order valence-electron chi connectivity index (χ3n) is 5.72. The van der Waals surface area contributed by atoms with E-state index in [0.717, 1.165) is 31.1 Å². The van der Waals surface area contributed by atoms with Crippen molar-refractivity contribution >= 4 is 5.91 Å². The van der Waals surface area contributed by atoms with E-state index in [4.69, 9.17) is 4.74 Å². The quantitative estimate of drug-likeness (QED) is 0.742. The molecule has 1 aliphatic rings. The first-order valence-corrected chi connectivity index (χ1v) is 10.3. The predicted molar refractivity (Wildman–Crippen MR) is 112 cm³/mol. The number of carbonyl (C=O) groups is 1. The average molecular weight is 435 g/mol. The monoisotopic (exact) mass is 435 g/mol. The van der Waals surface area contributed by atoms with Gasteiger partial charge in [0.25, 0.3) is 0 Å². The largest absolute Gasteiger partial charge is 0.476 e. The van der Waals surface area contributed by atoms with Crippen LogP contribution in [0.1, 0.15) is 37.3 Å². The first kappa shape index (κ1) is 23.1. The van der Waals surface area contributed by atoms with Crippen LogP contribution in [0.4, 0.5) is 13.2 Å². The summed E-state index contributed by atoms with van der Waals surface area (Å²) < 4.78 is 45.0. The van der Waals surface area contributed by atoms with E-state index in [-0.39, 0.29) is 24.5 Å². The van der Waals surface area contributed by atoms with E-state index < -0.39 is 23.0 Å². The highest BCUT2D eigenvalue weighted by atomic mass is 19.4. The smallest absolute Gasteiger partial charge is 0.421 e. The maximum atomic E-state index is 13.3. The molecule has 0 radical (unpaired) electrons. The molecule has 168 valence electrons. The lowest BCUT2D eigenvalue weighted by Gasteiger charge is -2.41. The summed E-state index contributed by atoms with van der Waals surface area (Å²) in [6, 6.07) is 12.1. The van der Waals surface area contributed by atoms with Crippen LogP contribution in [0.3, 0.4) is 0 Å². The van der Waals surface area contributed by atoms with Crippen LogP contribution >= 0.6 is 0 Å². The first-order valence-electron chi connectivity index (χ1n) is 10.3. The molecule has 1 N–H and O–H groups in total. The topological polar surface area (TPSA) is 54.5 Å². The molecule has 5 nitrogen and oxygen atoms in total. The number of halogens is 3. The third-order valence-corrected chi connectivity index (χ3v) is 5.72. The van der Waals surface area contributed by atoms with E-state index in [0.29, 0.717) is 0 Å². The van der Waals surface area contributed by atoms with Crippen molar-refractivity contribution < 1.29 is 22.7 Å². The molecule has 1 amide bonds. The second-order valence-electron chi connectivity index (χ2n) is 8.52. The van der Waals surface area contributed by atoms with Gasteiger partial charge in [0.05, 0.1) is 5.41 Å². The number of rotatable bonds is 6. The van der Waals surface area contributed by atoms with E-state index >= 15 is 0 Å². The second kappa shape index (κ2) is 9.26. The zero-order chi connectivity index (χ0) is 22.6. The van der Waals surface area contributed by atoms with Gasteiger partial charge in [-0.15, -0.1) is 0 Å². The number of benzene rings is 1. The summed E-state index contributed by atoms with van der Waals surface area (Å²) in [6.07, 6.45) is -2.55. The molecule has 1 aliphatic heterocycles. The van der Waals surface area contributed by atoms with Gasteiger partial charge in [-0.3, -0.25) is 4.79 Å². The summed E-state index contributed by atoms with van der Waals surface area (Å²) >= 11 is 0. The normalized spacial score (nSPS) is 19.7. The Balaban J connectivity index is 1.73. The number of amides is 1. The molecule has 2 heterocycles. The molecular formula is C23H28F3N3O2. The molecule has 2 unspecified atom stereocenters. The van der Waals surface area contributed by atoms with E-state index in [1.54, 1.807) is 25.8 Å². The van der Waals surface area contributed by atoms with Crippen molar-refractivity contribution in [2.24, 2.45) is 5.41 Å². The molecule has 8 heteroatoms. The van der Waals surface area contributed by atoms with Gasteiger partial charge in [0.1, 0.15) is 12.2 Å². The molecule has 1 fully saturated rings. The van der Waals surface area contributed by atoms with E-state index in [9.17, 15) is 18.0 Å². The Labute approximate surface area is 180 Å². The van der Waals surface area contributed by atoms with Gasteiger partial charge in [-0.2, -0.15) is 13.2 Å². The van der Waals surface area contributed by atoms with Crippen molar-refractivity contribution in [3.05, 3.63) is 59.8 Å². The summed E-state index contributed by atoms with van der Waals surface area (Å²) in [5.74, 6) is -0.555. The number of carbonyl (C=O) groups excluding carboxylic acids is 1. The van der Waals surface area contributed by atoms with Gasteiger partial charge in [-0.25, -0.2) is 4.98 Å². The summed E-state index contributed by atoms with van der Waals surface area (Å²) in [5, 5.41) is 3.39. The number of ether oxygens (including phenoxy) is 1. The highest BCUT2D eigenvalue weighted by Gasteiger charge is 2.40. The van der Waals surface area contributed by atoms with Gasteiger partial charge in [0.2, 0.25) is 11.8 Å². The van der Waals surface area contributed by atoms with E-state index in [1.165, 1.54) is 12.3 Å². The standard InChI is InChI=1S/C23H28F3N3O2/c1-22(2,15-31-20-18(23(24,25)26)10-7-12-28-20)21(30)29(3)19-11-13-27-14-17(19)16-8-5-4-6-9-16/h4-10,12,17,19,27H,11,13-15H2,1-3H3. The van der Waals surface area contributed by atoms with Crippen molar-refractivity contribution in [1.82, 2.24) is 15.2 Å². The fourth-order valence-electron chi connectivity index (χ4n) is 4.01. The molecular weight excluding hydrogens is 407 g/mol. The SMILES string of the molecule is CN(C(=O)C(C)(C)COc1ncccc1C(F)(F)F)C1CCNCC1c1ccccc1. The van der Waals surface area contributed by atoms with Crippen molar-refractivity contribution in [2.75, 3.05) is 26.7 Å². The molecule has 1 aromatic heterocycles. The number of aromatic nitrogens is 1. The van der Waals surface area contributed by atoms with Crippen LogP contribution in [0.15, 0.2) is 48.7 Å². The average Bonchev–Trinajstić information content (AvgIpc) is 2.77. The van der Waals surface area contributed by atoms with Gasteiger partial charge < -0.3 is 15.0 Å². The number of nitrogens with one attached hydrogen (secondary N) is 1. The van der Waals surface area contributed by atoms with Crippen molar-refractivity contribution in [3.8, 4) is 5.88 Å². The lowest BCUT2D eigenvalue weighted by Crippen LogP contribution is -2.53. The molecule has 2 aromatic rings. The molecule has 1 saturated heterocycles. The van der Waals surface area contributed by atoms with Crippen LogP contribution in [-0.2, 0) is 11.0 Å². The molecule has 1 aromatic carbocycles. The summed E-state index contributed by atoms with van der Waals surface area (Å²) in [6.45, 7) is 4.70. The van der Waals surface area contributed by atoms with E-state index in [2.05, 4.69) is 22.4 Å². The number of hydrogen-bond donors (Lipinski definition) is 1. The summed E-state index contributed by atoms with van der Waals surface area (Å²) in [4.78, 5) is 18.8. The minimum Gasteiger partial charge on any atom is -0.476 e. The second-order valence-corrected chi connectivity index (χ2v) is 8.52. The summed E-state index contributed by atoms with van der Waals surface area (Å²) in [7, 11) is 1.76. The van der Waals surface area contributed by atoms with Crippen LogP contribution < -0.4 is 10.1 Å². The third kappa shape index (κ3) is 5.36. The molecule has 2 atom stereocenters. The zero-order valence-electron chi connectivity index (χ0n) is 17.9. The number of piperidine rings is 1. The highest BCUT2D eigenvalue weighted by Crippen LogP contribution is 2.36. The Morgan fingerprint density at radius 2 is 1.90 bits per heavy atom. The zero-order valence-corrected chi connectivity index (χ0v) is 17.9. The Morgan fingerprint density at radius 1 is 1.19 bits per heavy atom. The van der Waals surface area contributed by atoms with Gasteiger partial charge in [0, 0.05) is 31.7 Å². The number of hydrogen-bond acceptors (Lipinski definition) is 4. The number of nitrogens with zero attached hydrogens (tertiary/aromatic N) is 2. The highest BCUT2D eigenvalue weighted by molar-refractivity contribution is 5.82. The maximum Gasteiger partial charge on any atom is 0.421 e. The Bertz CT molecular complexity index is 887. The van der Waals surface area contributed by atoms with Gasteiger partial charge in [-0.05, 0) is 44.5 Å². The molecule has 0 aliphatic carbocycles. The van der Waals surface area contributed by atoms with Crippen molar-refractivity contribution in [3.63, 3.8) is 0 Å². The van der Waals surface area contributed by atoms with E-state index in [1.807, 2.05) is 18.2 Å². The lowest BCUT2D eigenvalue weighted by atomic mass is 9.84. The number of alkyl halides is 3. The molecule has 0 saturated carbocycles. The van der Waals surface area contributed by atoms with Gasteiger partial charge >= 0.3 is 6.18 Å². The number of pyridine rings is 1. The van der Waals surface area contributed by atoms with Gasteiger partial charge in [0.15, 0.2) is 0 Å². The lowest BCUT2D eigenvalue weighted by molar-refractivity contribution is -0.144.